The number of hydrogen-bond donors (Lipinski definition) is 0. The fourth-order valence-electron chi connectivity index (χ4n) is 1.78. The highest BCUT2D eigenvalue weighted by Gasteiger charge is 2.20. The number of rotatable bonds is 3. The van der Waals surface area contributed by atoms with Crippen LogP contribution in [-0.4, -0.2) is 55.3 Å². The van der Waals surface area contributed by atoms with Crippen molar-refractivity contribution in [3.05, 3.63) is 29.8 Å². The van der Waals surface area contributed by atoms with Crippen molar-refractivity contribution in [3.63, 3.8) is 0 Å². The first-order valence-corrected chi connectivity index (χ1v) is 5.72. The minimum atomic E-state index is -0.522. The van der Waals surface area contributed by atoms with E-state index in [0.717, 1.165) is 6.20 Å². The summed E-state index contributed by atoms with van der Waals surface area (Å²) in [6.45, 7) is 2.00. The first-order valence-electron chi connectivity index (χ1n) is 5.72. The summed E-state index contributed by atoms with van der Waals surface area (Å²) in [5, 5.41) is 0. The van der Waals surface area contributed by atoms with Crippen LogP contribution in [0, 0.1) is 5.82 Å². The molecular formula is C12H15FN2O3. The highest BCUT2D eigenvalue weighted by Crippen LogP contribution is 2.07. The van der Waals surface area contributed by atoms with E-state index in [1.807, 2.05) is 0 Å². The number of hydrogen-bond acceptors (Lipinski definition) is 4. The molecule has 98 valence electrons. The average Bonchev–Trinajstić information content (AvgIpc) is 2.39. The molecule has 0 unspecified atom stereocenters. The molecule has 1 aliphatic rings. The molecule has 0 radical (unpaired) electrons. The van der Waals surface area contributed by atoms with Gasteiger partial charge in [0.2, 0.25) is 0 Å². The third kappa shape index (κ3) is 3.24. The third-order valence-corrected chi connectivity index (χ3v) is 2.66. The van der Waals surface area contributed by atoms with Gasteiger partial charge < -0.3 is 14.4 Å². The zero-order chi connectivity index (χ0) is 13.0. The van der Waals surface area contributed by atoms with E-state index >= 15 is 0 Å². The van der Waals surface area contributed by atoms with E-state index < -0.39 is 5.82 Å². The van der Waals surface area contributed by atoms with Crippen LogP contribution in [0.5, 0.6) is 0 Å². The highest BCUT2D eigenvalue weighted by atomic mass is 19.1. The molecule has 1 amide bonds. The summed E-state index contributed by atoms with van der Waals surface area (Å²) in [6.07, 6.45) is 2.28. The summed E-state index contributed by atoms with van der Waals surface area (Å²) in [5.74, 6) is -0.803. The summed E-state index contributed by atoms with van der Waals surface area (Å²) in [4.78, 5) is 17.1. The largest absolute Gasteiger partial charge is 0.376 e. The van der Waals surface area contributed by atoms with Gasteiger partial charge in [-0.05, 0) is 6.07 Å². The van der Waals surface area contributed by atoms with Crippen LogP contribution in [0.15, 0.2) is 18.5 Å². The number of aromatic nitrogens is 1. The molecule has 1 aromatic heterocycles. The van der Waals surface area contributed by atoms with E-state index in [2.05, 4.69) is 4.98 Å². The SMILES string of the molecule is CN(C[C@H]1COCCO1)C(=O)c1cncc(F)c1. The molecule has 18 heavy (non-hydrogen) atoms. The molecule has 1 fully saturated rings. The van der Waals surface area contributed by atoms with Gasteiger partial charge in [-0.2, -0.15) is 0 Å². The van der Waals surface area contributed by atoms with Crippen molar-refractivity contribution in [1.82, 2.24) is 9.88 Å². The molecule has 1 atom stereocenters. The van der Waals surface area contributed by atoms with Crippen molar-refractivity contribution in [2.24, 2.45) is 0 Å². The first-order chi connectivity index (χ1) is 8.66. The first kappa shape index (κ1) is 12.9. The maximum absolute atomic E-state index is 13.0. The second kappa shape index (κ2) is 5.88. The van der Waals surface area contributed by atoms with Gasteiger partial charge >= 0.3 is 0 Å². The van der Waals surface area contributed by atoms with Crippen LogP contribution >= 0.6 is 0 Å². The normalized spacial score (nSPS) is 19.6. The predicted molar refractivity (Wildman–Crippen MR) is 61.7 cm³/mol. The molecule has 0 saturated carbocycles. The Morgan fingerprint density at radius 1 is 1.56 bits per heavy atom. The van der Waals surface area contributed by atoms with E-state index in [4.69, 9.17) is 9.47 Å². The lowest BCUT2D eigenvalue weighted by Crippen LogP contribution is -2.40. The van der Waals surface area contributed by atoms with E-state index in [0.29, 0.717) is 26.4 Å². The Hall–Kier alpha value is -1.53. The number of likely N-dealkylation sites (N-methyl/N-ethyl adjacent to an activating group) is 1. The van der Waals surface area contributed by atoms with Crippen molar-refractivity contribution in [2.75, 3.05) is 33.4 Å². The molecule has 0 N–H and O–H groups in total. The zero-order valence-corrected chi connectivity index (χ0v) is 10.1. The summed E-state index contributed by atoms with van der Waals surface area (Å²) >= 11 is 0. The molecule has 0 bridgehead atoms. The van der Waals surface area contributed by atoms with Gasteiger partial charge in [0.15, 0.2) is 0 Å². The van der Waals surface area contributed by atoms with Gasteiger partial charge in [0, 0.05) is 19.8 Å². The van der Waals surface area contributed by atoms with Gasteiger partial charge in [-0.1, -0.05) is 0 Å². The molecule has 0 spiro atoms. The maximum atomic E-state index is 13.0. The van der Waals surface area contributed by atoms with Crippen LogP contribution in [0.1, 0.15) is 10.4 Å². The fraction of sp³-hybridized carbons (Fsp3) is 0.500. The van der Waals surface area contributed by atoms with Crippen LogP contribution in [-0.2, 0) is 9.47 Å². The van der Waals surface area contributed by atoms with Crippen LogP contribution in [0.3, 0.4) is 0 Å². The van der Waals surface area contributed by atoms with Crippen molar-refractivity contribution >= 4 is 5.91 Å². The Morgan fingerprint density at radius 2 is 2.39 bits per heavy atom. The zero-order valence-electron chi connectivity index (χ0n) is 10.1. The Bertz CT molecular complexity index is 422. The third-order valence-electron chi connectivity index (χ3n) is 2.66. The number of halogens is 1. The minimum absolute atomic E-state index is 0.130. The van der Waals surface area contributed by atoms with Crippen molar-refractivity contribution < 1.29 is 18.7 Å². The summed E-state index contributed by atoms with van der Waals surface area (Å²) in [7, 11) is 1.64. The lowest BCUT2D eigenvalue weighted by atomic mass is 10.2. The second-order valence-corrected chi connectivity index (χ2v) is 4.15. The maximum Gasteiger partial charge on any atom is 0.255 e. The molecule has 2 heterocycles. The Kier molecular flexibility index (Phi) is 4.22. The van der Waals surface area contributed by atoms with Crippen molar-refractivity contribution in [2.45, 2.75) is 6.10 Å². The fourth-order valence-corrected chi connectivity index (χ4v) is 1.78. The molecule has 6 heteroatoms. The minimum Gasteiger partial charge on any atom is -0.376 e. The lowest BCUT2D eigenvalue weighted by Gasteiger charge is -2.27. The summed E-state index contributed by atoms with van der Waals surface area (Å²) < 4.78 is 23.7. The van der Waals surface area contributed by atoms with Crippen LogP contribution < -0.4 is 0 Å². The molecule has 0 aromatic carbocycles. The van der Waals surface area contributed by atoms with Crippen molar-refractivity contribution in [1.29, 1.82) is 0 Å². The second-order valence-electron chi connectivity index (χ2n) is 4.15. The molecule has 2 rings (SSSR count). The van der Waals surface area contributed by atoms with Crippen LogP contribution in [0.4, 0.5) is 4.39 Å². The Morgan fingerprint density at radius 3 is 3.06 bits per heavy atom. The molecule has 1 aromatic rings. The van der Waals surface area contributed by atoms with E-state index in [9.17, 15) is 9.18 Å². The topological polar surface area (TPSA) is 51.7 Å². The molecule has 5 nitrogen and oxygen atoms in total. The van der Waals surface area contributed by atoms with Crippen LogP contribution in [0.2, 0.25) is 0 Å². The van der Waals surface area contributed by atoms with Crippen LogP contribution in [0.25, 0.3) is 0 Å². The quantitative estimate of drug-likeness (QED) is 0.797. The molecule has 1 saturated heterocycles. The van der Waals surface area contributed by atoms with E-state index in [1.54, 1.807) is 7.05 Å². The van der Waals surface area contributed by atoms with Gasteiger partial charge in [0.25, 0.3) is 5.91 Å². The standard InChI is InChI=1S/C12H15FN2O3/c1-15(7-11-8-17-2-3-18-11)12(16)9-4-10(13)6-14-5-9/h4-6,11H,2-3,7-8H2,1H3/t11-/m0/s1. The van der Waals surface area contributed by atoms with Gasteiger partial charge in [0.1, 0.15) is 5.82 Å². The van der Waals surface area contributed by atoms with E-state index in [1.165, 1.54) is 17.2 Å². The molecular weight excluding hydrogens is 239 g/mol. The Labute approximate surface area is 105 Å². The number of nitrogens with zero attached hydrogens (tertiary/aromatic N) is 2. The number of amides is 1. The number of ether oxygens (including phenoxy) is 2. The summed E-state index contributed by atoms with van der Waals surface area (Å²) in [5.41, 5.74) is 0.231. The number of carbonyl (C=O) groups excluding carboxylic acids is 1. The van der Waals surface area contributed by atoms with Gasteiger partial charge in [-0.3, -0.25) is 9.78 Å². The van der Waals surface area contributed by atoms with Gasteiger partial charge in [0.05, 0.1) is 37.7 Å². The smallest absolute Gasteiger partial charge is 0.255 e. The Balaban J connectivity index is 1.95. The highest BCUT2D eigenvalue weighted by molar-refractivity contribution is 5.93. The van der Waals surface area contributed by atoms with Gasteiger partial charge in [-0.15, -0.1) is 0 Å². The molecule has 0 aliphatic carbocycles. The number of carbonyl (C=O) groups is 1. The monoisotopic (exact) mass is 254 g/mol. The lowest BCUT2D eigenvalue weighted by molar-refractivity contribution is -0.0933. The predicted octanol–water partition coefficient (Wildman–Crippen LogP) is 0.708. The van der Waals surface area contributed by atoms with Crippen molar-refractivity contribution in [3.8, 4) is 0 Å². The number of pyridine rings is 1. The summed E-state index contributed by atoms with van der Waals surface area (Å²) in [6, 6.07) is 1.17. The average molecular weight is 254 g/mol. The molecule has 1 aliphatic heterocycles. The van der Waals surface area contributed by atoms with Gasteiger partial charge in [-0.25, -0.2) is 4.39 Å². The van der Waals surface area contributed by atoms with E-state index in [-0.39, 0.29) is 17.6 Å².